The second kappa shape index (κ2) is 5.77. The number of carbonyl (C=O) groups is 1. The van der Waals surface area contributed by atoms with Gasteiger partial charge in [0.1, 0.15) is 0 Å². The zero-order valence-electron chi connectivity index (χ0n) is 12.6. The van der Waals surface area contributed by atoms with Crippen molar-refractivity contribution in [1.29, 1.82) is 0 Å². The lowest BCUT2D eigenvalue weighted by Gasteiger charge is -2.01. The van der Waals surface area contributed by atoms with Crippen molar-refractivity contribution < 1.29 is 18.3 Å². The van der Waals surface area contributed by atoms with Crippen LogP contribution >= 0.6 is 0 Å². The molecule has 1 fully saturated rings. The number of benzene rings is 1. The molecular formula is C15H17N3O4S. The van der Waals surface area contributed by atoms with Gasteiger partial charge in [-0.3, -0.25) is 4.79 Å². The summed E-state index contributed by atoms with van der Waals surface area (Å²) in [5, 5.41) is 18.1. The molecule has 0 unspecified atom stereocenters. The van der Waals surface area contributed by atoms with Crippen LogP contribution in [0.15, 0.2) is 28.4 Å². The van der Waals surface area contributed by atoms with Gasteiger partial charge in [-0.2, -0.15) is 0 Å². The molecule has 8 heteroatoms. The van der Waals surface area contributed by atoms with E-state index < -0.39 is 15.7 Å². The van der Waals surface area contributed by atoms with Crippen molar-refractivity contribution in [2.24, 2.45) is 16.1 Å². The number of H-pyrrole nitrogens is 1. The summed E-state index contributed by atoms with van der Waals surface area (Å²) >= 11 is 0. The second-order valence-corrected chi connectivity index (χ2v) is 8.12. The predicted molar refractivity (Wildman–Crippen MR) is 85.6 cm³/mol. The largest absolute Gasteiger partial charge is 0.493 e. The molecule has 1 saturated heterocycles. The Balaban J connectivity index is 1.77. The van der Waals surface area contributed by atoms with E-state index >= 15 is 0 Å². The molecular weight excluding hydrogens is 318 g/mol. The van der Waals surface area contributed by atoms with Crippen LogP contribution in [0, 0.1) is 12.8 Å². The lowest BCUT2D eigenvalue weighted by atomic mass is 10.1. The Morgan fingerprint density at radius 2 is 2.22 bits per heavy atom. The van der Waals surface area contributed by atoms with Crippen LogP contribution in [0.2, 0.25) is 0 Å². The first-order chi connectivity index (χ1) is 10.9. The van der Waals surface area contributed by atoms with Crippen LogP contribution in [0.3, 0.4) is 0 Å². The van der Waals surface area contributed by atoms with E-state index in [2.05, 4.69) is 15.2 Å². The Hall–Kier alpha value is -2.22. The van der Waals surface area contributed by atoms with E-state index in [1.165, 1.54) is 0 Å². The molecule has 1 aromatic carbocycles. The molecule has 1 atom stereocenters. The summed E-state index contributed by atoms with van der Waals surface area (Å²) in [5.41, 5.74) is 1.91. The van der Waals surface area contributed by atoms with Gasteiger partial charge in [0.25, 0.3) is 5.91 Å². The molecule has 3 rings (SSSR count). The van der Waals surface area contributed by atoms with Crippen LogP contribution < -0.4 is 0 Å². The number of hydrogen-bond acceptors (Lipinski definition) is 5. The maximum Gasteiger partial charge on any atom is 0.265 e. The number of aryl methyl sites for hydroxylation is 1. The topological polar surface area (TPSA) is 112 Å². The molecule has 0 bridgehead atoms. The highest BCUT2D eigenvalue weighted by molar-refractivity contribution is 7.91. The SMILES string of the molecule is Cc1cccc2c(N=NC(=O)C[C@@H]3CCS(=O)(=O)C3)c(O)[nH]c12. The van der Waals surface area contributed by atoms with Crippen LogP contribution in [0.1, 0.15) is 18.4 Å². The van der Waals surface area contributed by atoms with E-state index in [1.807, 2.05) is 19.1 Å². The first kappa shape index (κ1) is 15.7. The molecule has 23 heavy (non-hydrogen) atoms. The molecule has 2 N–H and O–H groups in total. The molecule has 1 amide bonds. The number of nitrogens with zero attached hydrogens (tertiary/aromatic N) is 2. The van der Waals surface area contributed by atoms with Crippen molar-refractivity contribution in [2.45, 2.75) is 19.8 Å². The summed E-state index contributed by atoms with van der Waals surface area (Å²) in [6.45, 7) is 1.89. The van der Waals surface area contributed by atoms with Crippen LogP contribution in [0.25, 0.3) is 10.9 Å². The lowest BCUT2D eigenvalue weighted by molar-refractivity contribution is -0.119. The lowest BCUT2D eigenvalue weighted by Crippen LogP contribution is -2.08. The van der Waals surface area contributed by atoms with Crippen LogP contribution in [0.5, 0.6) is 5.88 Å². The average molecular weight is 335 g/mol. The van der Waals surface area contributed by atoms with E-state index in [4.69, 9.17) is 0 Å². The smallest absolute Gasteiger partial charge is 0.265 e. The summed E-state index contributed by atoms with van der Waals surface area (Å²) in [7, 11) is -3.01. The normalized spacial score (nSPS) is 20.5. The first-order valence-electron chi connectivity index (χ1n) is 7.31. The van der Waals surface area contributed by atoms with E-state index in [1.54, 1.807) is 6.07 Å². The Morgan fingerprint density at radius 1 is 1.43 bits per heavy atom. The molecule has 0 radical (unpaired) electrons. The zero-order valence-corrected chi connectivity index (χ0v) is 13.4. The van der Waals surface area contributed by atoms with E-state index in [0.29, 0.717) is 11.8 Å². The minimum Gasteiger partial charge on any atom is -0.493 e. The highest BCUT2D eigenvalue weighted by atomic mass is 32.2. The number of hydrogen-bond donors (Lipinski definition) is 2. The number of azo groups is 1. The molecule has 122 valence electrons. The van der Waals surface area contributed by atoms with Gasteiger partial charge in [0, 0.05) is 11.8 Å². The molecule has 7 nitrogen and oxygen atoms in total. The fourth-order valence-electron chi connectivity index (χ4n) is 2.86. The summed E-state index contributed by atoms with van der Waals surface area (Å²) in [4.78, 5) is 14.7. The van der Waals surface area contributed by atoms with Gasteiger partial charge < -0.3 is 10.1 Å². The van der Waals surface area contributed by atoms with Crippen LogP contribution in [0.4, 0.5) is 5.69 Å². The van der Waals surface area contributed by atoms with Gasteiger partial charge in [-0.25, -0.2) is 8.42 Å². The van der Waals surface area contributed by atoms with Gasteiger partial charge in [0.2, 0.25) is 5.88 Å². The number of nitrogens with one attached hydrogen (secondary N) is 1. The number of rotatable bonds is 3. The Kier molecular flexibility index (Phi) is 3.93. The van der Waals surface area contributed by atoms with Gasteiger partial charge in [0.05, 0.1) is 17.0 Å². The number of aromatic amines is 1. The Morgan fingerprint density at radius 3 is 2.91 bits per heavy atom. The average Bonchev–Trinajstić information content (AvgIpc) is 2.97. The van der Waals surface area contributed by atoms with Gasteiger partial charge in [-0.1, -0.05) is 18.2 Å². The third-order valence-electron chi connectivity index (χ3n) is 4.05. The van der Waals surface area contributed by atoms with Gasteiger partial charge in [0.15, 0.2) is 15.5 Å². The number of sulfone groups is 1. The van der Waals surface area contributed by atoms with Crippen LogP contribution in [-0.4, -0.2) is 35.9 Å². The van der Waals surface area contributed by atoms with Crippen molar-refractivity contribution in [1.82, 2.24) is 4.98 Å². The van der Waals surface area contributed by atoms with E-state index in [9.17, 15) is 18.3 Å². The summed E-state index contributed by atoms with van der Waals surface area (Å²) < 4.78 is 22.8. The van der Waals surface area contributed by atoms with Gasteiger partial charge in [-0.15, -0.1) is 10.2 Å². The maximum absolute atomic E-state index is 11.9. The van der Waals surface area contributed by atoms with Crippen LogP contribution in [-0.2, 0) is 14.6 Å². The van der Waals surface area contributed by atoms with Gasteiger partial charge >= 0.3 is 0 Å². The second-order valence-electron chi connectivity index (χ2n) is 5.89. The fourth-order valence-corrected chi connectivity index (χ4v) is 4.73. The predicted octanol–water partition coefficient (Wildman–Crippen LogP) is 2.62. The zero-order chi connectivity index (χ0) is 16.6. The summed E-state index contributed by atoms with van der Waals surface area (Å²) in [5.74, 6) is -0.649. The highest BCUT2D eigenvalue weighted by Gasteiger charge is 2.29. The molecule has 2 aromatic rings. The van der Waals surface area contributed by atoms with Crippen molar-refractivity contribution >= 4 is 32.3 Å². The number of carbonyl (C=O) groups excluding carboxylic acids is 1. The molecule has 1 aliphatic heterocycles. The molecule has 2 heterocycles. The van der Waals surface area contributed by atoms with Crippen molar-refractivity contribution in [3.63, 3.8) is 0 Å². The maximum atomic E-state index is 11.9. The highest BCUT2D eigenvalue weighted by Crippen LogP contribution is 2.36. The number of amides is 1. The van der Waals surface area contributed by atoms with E-state index in [-0.39, 0.29) is 35.4 Å². The van der Waals surface area contributed by atoms with Crippen molar-refractivity contribution in [2.75, 3.05) is 11.5 Å². The van der Waals surface area contributed by atoms with E-state index in [0.717, 1.165) is 11.1 Å². The standard InChI is InChI=1S/C15H17N3O4S/c1-9-3-2-4-11-13(9)16-15(20)14(11)18-17-12(19)7-10-5-6-23(21,22)8-10/h2-4,10,16,20H,5-8H2,1H3/t10-/m0/s1. The quantitative estimate of drug-likeness (QED) is 0.839. The number of aromatic hydroxyl groups is 1. The minimum atomic E-state index is -3.01. The molecule has 1 aliphatic rings. The van der Waals surface area contributed by atoms with Gasteiger partial charge in [-0.05, 0) is 24.8 Å². The number of fused-ring (bicyclic) bond motifs is 1. The Labute approximate surface area is 133 Å². The fraction of sp³-hybridized carbons (Fsp3) is 0.400. The van der Waals surface area contributed by atoms with Crippen molar-refractivity contribution in [3.8, 4) is 5.88 Å². The minimum absolute atomic E-state index is 0.0335. The number of aromatic nitrogens is 1. The molecule has 0 spiro atoms. The number of para-hydroxylation sites is 1. The molecule has 0 saturated carbocycles. The summed E-state index contributed by atoms with van der Waals surface area (Å²) in [6, 6.07) is 5.50. The summed E-state index contributed by atoms with van der Waals surface area (Å²) in [6.07, 6.45) is 0.548. The third-order valence-corrected chi connectivity index (χ3v) is 5.88. The monoisotopic (exact) mass is 335 g/mol. The van der Waals surface area contributed by atoms with Crippen molar-refractivity contribution in [3.05, 3.63) is 23.8 Å². The molecule has 0 aliphatic carbocycles. The first-order valence-corrected chi connectivity index (χ1v) is 9.13. The Bertz CT molecular complexity index is 899. The molecule has 1 aromatic heterocycles. The third kappa shape index (κ3) is 3.26.